The monoisotopic (exact) mass is 419 g/mol. The summed E-state index contributed by atoms with van der Waals surface area (Å²) in [4.78, 5) is 0.160. The molecule has 2 aromatic heterocycles. The molecule has 0 fully saturated rings. The molecule has 7 nitrogen and oxygen atoms in total. The number of sulfonamides is 1. The lowest BCUT2D eigenvalue weighted by atomic mass is 10.1. The number of hydrogen-bond acceptors (Lipinski definition) is 5. The summed E-state index contributed by atoms with van der Waals surface area (Å²) >= 11 is 0. The normalized spacial score (nSPS) is 11.5. The predicted octanol–water partition coefficient (Wildman–Crippen LogP) is 3.42. The maximum absolute atomic E-state index is 12.9. The Morgan fingerprint density at radius 2 is 1.53 bits per heavy atom. The second-order valence-electron chi connectivity index (χ2n) is 6.86. The fourth-order valence-electron chi connectivity index (χ4n) is 3.29. The Balaban J connectivity index is 1.62. The molecule has 0 saturated carbocycles. The molecule has 0 bridgehead atoms. The van der Waals surface area contributed by atoms with E-state index in [9.17, 15) is 8.42 Å². The van der Waals surface area contributed by atoms with Crippen molar-refractivity contribution >= 4 is 10.0 Å². The summed E-state index contributed by atoms with van der Waals surface area (Å²) < 4.78 is 30.0. The van der Waals surface area contributed by atoms with Crippen LogP contribution >= 0.6 is 0 Å². The molecule has 1 N–H and O–H groups in total. The van der Waals surface area contributed by atoms with Crippen molar-refractivity contribution in [2.24, 2.45) is 0 Å². The lowest BCUT2D eigenvalue weighted by Crippen LogP contribution is -2.24. The van der Waals surface area contributed by atoms with Gasteiger partial charge in [0.25, 0.3) is 0 Å². The molecule has 152 valence electrons. The number of hydrogen-bond donors (Lipinski definition) is 1. The summed E-state index contributed by atoms with van der Waals surface area (Å²) in [6.45, 7) is 3.59. The van der Waals surface area contributed by atoms with E-state index in [-0.39, 0.29) is 11.4 Å². The van der Waals surface area contributed by atoms with Gasteiger partial charge < -0.3 is 0 Å². The third-order valence-electron chi connectivity index (χ3n) is 4.74. The van der Waals surface area contributed by atoms with Gasteiger partial charge in [-0.3, -0.25) is 0 Å². The summed E-state index contributed by atoms with van der Waals surface area (Å²) in [6.07, 6.45) is 0. The van der Waals surface area contributed by atoms with Gasteiger partial charge in [0.2, 0.25) is 10.0 Å². The summed E-state index contributed by atoms with van der Waals surface area (Å²) in [5, 5.41) is 12.9. The third-order valence-corrected chi connectivity index (χ3v) is 6.39. The van der Waals surface area contributed by atoms with Crippen molar-refractivity contribution in [2.75, 3.05) is 0 Å². The number of aryl methyl sites for hydroxylation is 1. The Hall–Kier alpha value is -3.36. The minimum absolute atomic E-state index is 0.160. The zero-order chi connectivity index (χ0) is 21.1. The van der Waals surface area contributed by atoms with E-state index in [1.54, 1.807) is 19.9 Å². The van der Waals surface area contributed by atoms with Gasteiger partial charge in [0.1, 0.15) is 4.90 Å². The van der Waals surface area contributed by atoms with Gasteiger partial charge in [-0.05, 0) is 31.5 Å². The Labute approximate surface area is 175 Å². The van der Waals surface area contributed by atoms with E-state index in [4.69, 9.17) is 0 Å². The Morgan fingerprint density at radius 1 is 0.867 bits per heavy atom. The standard InChI is InChI=1S/C22H21N5O2S/c1-16-22(30(28,29)23-15-18-9-5-3-6-10-18)17(2)27(26-16)21-14-13-20(24-25-21)19-11-7-4-8-12-19/h3-14,23H,15H2,1-2H3. The quantitative estimate of drug-likeness (QED) is 0.517. The molecule has 0 aliphatic rings. The van der Waals surface area contributed by atoms with E-state index in [1.807, 2.05) is 66.7 Å². The average Bonchev–Trinajstić information content (AvgIpc) is 3.08. The number of aromatic nitrogens is 4. The molecule has 2 heterocycles. The van der Waals surface area contributed by atoms with Gasteiger partial charge in [-0.2, -0.15) is 5.10 Å². The smallest absolute Gasteiger partial charge is 0.216 e. The van der Waals surface area contributed by atoms with Gasteiger partial charge in [0.15, 0.2) is 5.82 Å². The van der Waals surface area contributed by atoms with Crippen molar-refractivity contribution in [2.45, 2.75) is 25.3 Å². The molecule has 8 heteroatoms. The first-order chi connectivity index (χ1) is 14.5. The maximum atomic E-state index is 12.9. The van der Waals surface area contributed by atoms with Crippen LogP contribution in [0, 0.1) is 13.8 Å². The van der Waals surface area contributed by atoms with Gasteiger partial charge in [0.05, 0.1) is 17.1 Å². The maximum Gasteiger partial charge on any atom is 0.244 e. The topological polar surface area (TPSA) is 89.8 Å². The number of rotatable bonds is 6. The molecule has 2 aromatic carbocycles. The summed E-state index contributed by atoms with van der Waals surface area (Å²) in [5.74, 6) is 0.458. The molecule has 0 unspecified atom stereocenters. The van der Waals surface area contributed by atoms with E-state index in [1.165, 1.54) is 4.68 Å². The van der Waals surface area contributed by atoms with E-state index in [0.717, 1.165) is 16.8 Å². The summed E-state index contributed by atoms with van der Waals surface area (Å²) in [7, 11) is -3.74. The highest BCUT2D eigenvalue weighted by Gasteiger charge is 2.25. The van der Waals surface area contributed by atoms with E-state index >= 15 is 0 Å². The van der Waals surface area contributed by atoms with Crippen LogP contribution in [0.1, 0.15) is 17.0 Å². The van der Waals surface area contributed by atoms with Gasteiger partial charge in [-0.15, -0.1) is 10.2 Å². The van der Waals surface area contributed by atoms with Crippen LogP contribution in [0.5, 0.6) is 0 Å². The van der Waals surface area contributed by atoms with Crippen LogP contribution in [0.2, 0.25) is 0 Å². The minimum atomic E-state index is -3.74. The van der Waals surface area contributed by atoms with Crippen molar-refractivity contribution in [1.82, 2.24) is 24.7 Å². The lowest BCUT2D eigenvalue weighted by Gasteiger charge is -2.08. The molecule has 4 rings (SSSR count). The second-order valence-corrected chi connectivity index (χ2v) is 8.57. The van der Waals surface area contributed by atoms with Crippen LogP contribution in [0.4, 0.5) is 0 Å². The molecular weight excluding hydrogens is 398 g/mol. The van der Waals surface area contributed by atoms with Gasteiger partial charge in [-0.25, -0.2) is 17.8 Å². The molecule has 4 aromatic rings. The van der Waals surface area contributed by atoms with Crippen LogP contribution in [0.15, 0.2) is 77.7 Å². The Morgan fingerprint density at radius 3 is 2.17 bits per heavy atom. The van der Waals surface area contributed by atoms with Gasteiger partial charge in [-0.1, -0.05) is 60.7 Å². The zero-order valence-corrected chi connectivity index (χ0v) is 17.5. The van der Waals surface area contributed by atoms with Gasteiger partial charge in [0, 0.05) is 12.1 Å². The molecule has 0 atom stereocenters. The number of nitrogens with zero attached hydrogens (tertiary/aromatic N) is 4. The lowest BCUT2D eigenvalue weighted by molar-refractivity contribution is 0.580. The first-order valence-corrected chi connectivity index (χ1v) is 10.9. The molecule has 0 saturated heterocycles. The largest absolute Gasteiger partial charge is 0.244 e. The first-order valence-electron chi connectivity index (χ1n) is 9.45. The molecule has 0 radical (unpaired) electrons. The van der Waals surface area contributed by atoms with Crippen molar-refractivity contribution in [3.8, 4) is 17.1 Å². The second kappa shape index (κ2) is 8.17. The molecule has 0 aliphatic carbocycles. The zero-order valence-electron chi connectivity index (χ0n) is 16.6. The molecule has 0 amide bonds. The van der Waals surface area contributed by atoms with Crippen LogP contribution in [-0.2, 0) is 16.6 Å². The summed E-state index contributed by atoms with van der Waals surface area (Å²) in [5.41, 5.74) is 3.46. The highest BCUT2D eigenvalue weighted by molar-refractivity contribution is 7.89. The SMILES string of the molecule is Cc1nn(-c2ccc(-c3ccccc3)nn2)c(C)c1S(=O)(=O)NCc1ccccc1. The van der Waals surface area contributed by atoms with Crippen LogP contribution in [-0.4, -0.2) is 28.4 Å². The number of benzene rings is 2. The van der Waals surface area contributed by atoms with Gasteiger partial charge >= 0.3 is 0 Å². The van der Waals surface area contributed by atoms with E-state index in [0.29, 0.717) is 17.2 Å². The fraction of sp³-hybridized carbons (Fsp3) is 0.136. The molecular formula is C22H21N5O2S. The van der Waals surface area contributed by atoms with Crippen LogP contribution < -0.4 is 4.72 Å². The molecule has 0 spiro atoms. The van der Waals surface area contributed by atoms with E-state index < -0.39 is 10.0 Å². The van der Waals surface area contributed by atoms with Crippen molar-refractivity contribution in [1.29, 1.82) is 0 Å². The van der Waals surface area contributed by atoms with Crippen LogP contribution in [0.3, 0.4) is 0 Å². The van der Waals surface area contributed by atoms with Crippen LogP contribution in [0.25, 0.3) is 17.1 Å². The fourth-order valence-corrected chi connectivity index (χ4v) is 4.69. The molecule has 0 aliphatic heterocycles. The Kier molecular flexibility index (Phi) is 5.43. The third kappa shape index (κ3) is 4.00. The van der Waals surface area contributed by atoms with Crippen molar-refractivity contribution < 1.29 is 8.42 Å². The van der Waals surface area contributed by atoms with Crippen molar-refractivity contribution in [3.63, 3.8) is 0 Å². The average molecular weight is 420 g/mol. The minimum Gasteiger partial charge on any atom is -0.216 e. The summed E-state index contributed by atoms with van der Waals surface area (Å²) in [6, 6.07) is 22.7. The highest BCUT2D eigenvalue weighted by atomic mass is 32.2. The molecule has 30 heavy (non-hydrogen) atoms. The predicted molar refractivity (Wildman–Crippen MR) is 115 cm³/mol. The van der Waals surface area contributed by atoms with E-state index in [2.05, 4.69) is 20.0 Å². The number of nitrogens with one attached hydrogen (secondary N) is 1. The highest BCUT2D eigenvalue weighted by Crippen LogP contribution is 2.23. The first kappa shape index (κ1) is 19.9. The Bertz CT molecular complexity index is 1250. The van der Waals surface area contributed by atoms with Crippen molar-refractivity contribution in [3.05, 3.63) is 89.7 Å².